The normalized spacial score (nSPS) is 24.4. The second kappa shape index (κ2) is 7.75. The Balaban J connectivity index is 2.37. The van der Waals surface area contributed by atoms with Crippen LogP contribution in [0.3, 0.4) is 0 Å². The molecule has 0 unspecified atom stereocenters. The molecule has 25 heavy (non-hydrogen) atoms. The zero-order valence-electron chi connectivity index (χ0n) is 14.0. The topological polar surface area (TPSA) is 128 Å². The molecule has 1 aromatic rings. The minimum Gasteiger partial charge on any atom is -0.383 e. The third-order valence-corrected chi connectivity index (χ3v) is 5.93. The summed E-state index contributed by atoms with van der Waals surface area (Å²) < 4.78 is 38.1. The zero-order valence-corrected chi connectivity index (χ0v) is 14.9. The van der Waals surface area contributed by atoms with E-state index in [2.05, 4.69) is 4.72 Å². The van der Waals surface area contributed by atoms with Crippen molar-refractivity contribution in [3.05, 3.63) is 34.4 Å². The number of nitro benzene ring substituents is 1. The molecular weight excluding hydrogens is 352 g/mol. The lowest BCUT2D eigenvalue weighted by atomic mass is 9.80. The fourth-order valence-corrected chi connectivity index (χ4v) is 4.71. The highest BCUT2D eigenvalue weighted by Gasteiger charge is 2.48. The Morgan fingerprint density at radius 2 is 1.96 bits per heavy atom. The van der Waals surface area contributed by atoms with E-state index in [4.69, 9.17) is 9.47 Å². The Kier molecular flexibility index (Phi) is 6.12. The number of para-hydroxylation sites is 1. The lowest BCUT2D eigenvalue weighted by molar-refractivity contribution is -0.387. The Labute approximate surface area is 146 Å². The third kappa shape index (κ3) is 3.98. The minimum atomic E-state index is -4.22. The first kappa shape index (κ1) is 19.7. The van der Waals surface area contributed by atoms with Crippen molar-refractivity contribution in [2.45, 2.75) is 48.5 Å². The number of hydrogen-bond acceptors (Lipinski definition) is 7. The van der Waals surface area contributed by atoms with E-state index in [1.807, 2.05) is 0 Å². The average Bonchev–Trinajstić information content (AvgIpc) is 2.58. The second-order valence-electron chi connectivity index (χ2n) is 5.94. The van der Waals surface area contributed by atoms with E-state index in [9.17, 15) is 23.6 Å². The molecule has 0 spiro atoms. The van der Waals surface area contributed by atoms with Gasteiger partial charge in [-0.2, -0.15) is 0 Å². The molecule has 0 amide bonds. The van der Waals surface area contributed by atoms with Gasteiger partial charge in [0.2, 0.25) is 10.0 Å². The van der Waals surface area contributed by atoms with Gasteiger partial charge in [-0.25, -0.2) is 13.1 Å². The van der Waals surface area contributed by atoms with Crippen LogP contribution in [0.1, 0.15) is 25.7 Å². The predicted octanol–water partition coefficient (Wildman–Crippen LogP) is 1.17. The monoisotopic (exact) mass is 374 g/mol. The van der Waals surface area contributed by atoms with Crippen molar-refractivity contribution in [2.75, 3.05) is 14.2 Å². The summed E-state index contributed by atoms with van der Waals surface area (Å²) in [5.41, 5.74) is -2.09. The van der Waals surface area contributed by atoms with Crippen molar-refractivity contribution in [1.29, 1.82) is 0 Å². The highest BCUT2D eigenvalue weighted by molar-refractivity contribution is 7.89. The number of rotatable bonds is 7. The number of sulfonamides is 1. The zero-order chi connectivity index (χ0) is 18.7. The van der Waals surface area contributed by atoms with Crippen molar-refractivity contribution in [2.24, 2.45) is 0 Å². The number of hydrogen-bond donors (Lipinski definition) is 2. The number of benzene rings is 1. The van der Waals surface area contributed by atoms with Gasteiger partial charge in [0.1, 0.15) is 5.60 Å². The maximum atomic E-state index is 12.7. The molecule has 0 radical (unpaired) electrons. The first-order valence-electron chi connectivity index (χ1n) is 7.80. The number of ether oxygens (including phenoxy) is 2. The predicted molar refractivity (Wildman–Crippen MR) is 88.4 cm³/mol. The van der Waals surface area contributed by atoms with E-state index in [0.29, 0.717) is 19.3 Å². The molecule has 1 aliphatic carbocycles. The summed E-state index contributed by atoms with van der Waals surface area (Å²) in [5, 5.41) is 22.1. The highest BCUT2D eigenvalue weighted by atomic mass is 32.2. The summed E-state index contributed by atoms with van der Waals surface area (Å²) in [5.74, 6) is 0. The Hall–Kier alpha value is -1.59. The van der Waals surface area contributed by atoms with Gasteiger partial charge in [0.25, 0.3) is 5.69 Å². The van der Waals surface area contributed by atoms with Crippen molar-refractivity contribution in [3.63, 3.8) is 0 Å². The van der Waals surface area contributed by atoms with Crippen LogP contribution in [0.15, 0.2) is 29.2 Å². The molecule has 0 bridgehead atoms. The van der Waals surface area contributed by atoms with Gasteiger partial charge in [-0.3, -0.25) is 10.1 Å². The highest BCUT2D eigenvalue weighted by Crippen LogP contribution is 2.34. The number of nitrogens with one attached hydrogen (secondary N) is 1. The van der Waals surface area contributed by atoms with Crippen LogP contribution in [-0.4, -0.2) is 50.6 Å². The maximum absolute atomic E-state index is 12.7. The summed E-state index contributed by atoms with van der Waals surface area (Å²) in [6.07, 6.45) is 1.00. The van der Waals surface area contributed by atoms with Gasteiger partial charge in [0.15, 0.2) is 11.2 Å². The summed E-state index contributed by atoms with van der Waals surface area (Å²) >= 11 is 0. The largest absolute Gasteiger partial charge is 0.383 e. The first-order chi connectivity index (χ1) is 11.8. The number of nitro groups is 1. The van der Waals surface area contributed by atoms with Crippen molar-refractivity contribution >= 4 is 15.7 Å². The molecule has 0 aliphatic heterocycles. The summed E-state index contributed by atoms with van der Waals surface area (Å²) in [4.78, 5) is 9.91. The molecule has 1 saturated carbocycles. The SMILES string of the molecule is COC(OC)[C@@]1(O)CCCC[C@H]1NS(=O)(=O)c1ccccc1[N+](=O)[O-]. The minimum absolute atomic E-state index is 0.281. The van der Waals surface area contributed by atoms with Gasteiger partial charge in [-0.15, -0.1) is 0 Å². The molecule has 0 saturated heterocycles. The van der Waals surface area contributed by atoms with Crippen LogP contribution in [0.25, 0.3) is 0 Å². The van der Waals surface area contributed by atoms with E-state index < -0.39 is 43.5 Å². The van der Waals surface area contributed by atoms with Crippen LogP contribution < -0.4 is 4.72 Å². The van der Waals surface area contributed by atoms with Crippen molar-refractivity contribution < 1.29 is 27.9 Å². The van der Waals surface area contributed by atoms with Crippen molar-refractivity contribution in [3.8, 4) is 0 Å². The molecule has 1 aromatic carbocycles. The third-order valence-electron chi connectivity index (χ3n) is 4.41. The van der Waals surface area contributed by atoms with Gasteiger partial charge in [-0.05, 0) is 18.9 Å². The molecule has 0 aromatic heterocycles. The van der Waals surface area contributed by atoms with Crippen LogP contribution in [0.4, 0.5) is 5.69 Å². The van der Waals surface area contributed by atoms with E-state index in [1.165, 1.54) is 26.4 Å². The van der Waals surface area contributed by atoms with E-state index >= 15 is 0 Å². The van der Waals surface area contributed by atoms with Crippen LogP contribution in [-0.2, 0) is 19.5 Å². The molecule has 2 rings (SSSR count). The molecule has 0 heterocycles. The summed E-state index contributed by atoms with van der Waals surface area (Å²) in [7, 11) is -1.51. The molecule has 2 N–H and O–H groups in total. The van der Waals surface area contributed by atoms with Crippen LogP contribution in [0.2, 0.25) is 0 Å². The van der Waals surface area contributed by atoms with Crippen LogP contribution in [0, 0.1) is 10.1 Å². The van der Waals surface area contributed by atoms with Crippen molar-refractivity contribution in [1.82, 2.24) is 4.72 Å². The smallest absolute Gasteiger partial charge is 0.289 e. The van der Waals surface area contributed by atoms with Gasteiger partial charge < -0.3 is 14.6 Å². The maximum Gasteiger partial charge on any atom is 0.289 e. The molecule has 1 fully saturated rings. The molecule has 9 nitrogen and oxygen atoms in total. The van der Waals surface area contributed by atoms with E-state index in [1.54, 1.807) is 0 Å². The lowest BCUT2D eigenvalue weighted by Gasteiger charge is -2.43. The van der Waals surface area contributed by atoms with E-state index in [-0.39, 0.29) is 6.42 Å². The Morgan fingerprint density at radius 1 is 1.32 bits per heavy atom. The summed E-state index contributed by atoms with van der Waals surface area (Å²) in [6.45, 7) is 0. The Bertz CT molecular complexity index is 720. The molecule has 10 heteroatoms. The number of aliphatic hydroxyl groups is 1. The number of methoxy groups -OCH3 is 2. The average molecular weight is 374 g/mol. The molecule has 140 valence electrons. The van der Waals surface area contributed by atoms with Crippen LogP contribution >= 0.6 is 0 Å². The number of nitrogens with zero attached hydrogens (tertiary/aromatic N) is 1. The molecular formula is C15H22N2O7S. The standard InChI is InChI=1S/C15H22N2O7S/c1-23-14(24-2)15(18)10-6-5-9-13(15)16-25(21,22)12-8-4-3-7-11(12)17(19)20/h3-4,7-8,13-14,16,18H,5-6,9-10H2,1-2H3/t13-,15-/m1/s1. The second-order valence-corrected chi connectivity index (χ2v) is 7.62. The van der Waals surface area contributed by atoms with Gasteiger partial charge in [0, 0.05) is 20.3 Å². The fourth-order valence-electron chi connectivity index (χ4n) is 3.21. The van der Waals surface area contributed by atoms with Gasteiger partial charge in [0.05, 0.1) is 11.0 Å². The van der Waals surface area contributed by atoms with Gasteiger partial charge in [-0.1, -0.05) is 25.0 Å². The molecule has 1 aliphatic rings. The summed E-state index contributed by atoms with van der Waals surface area (Å²) in [6, 6.07) is 4.18. The molecule has 2 atom stereocenters. The quantitative estimate of drug-likeness (QED) is 0.416. The Morgan fingerprint density at radius 3 is 2.56 bits per heavy atom. The van der Waals surface area contributed by atoms with E-state index in [0.717, 1.165) is 12.1 Å². The first-order valence-corrected chi connectivity index (χ1v) is 9.28. The fraction of sp³-hybridized carbons (Fsp3) is 0.600. The van der Waals surface area contributed by atoms with Gasteiger partial charge >= 0.3 is 0 Å². The lowest BCUT2D eigenvalue weighted by Crippen LogP contribution is -2.61. The van der Waals surface area contributed by atoms with Crippen LogP contribution in [0.5, 0.6) is 0 Å².